The van der Waals surface area contributed by atoms with Crippen molar-refractivity contribution in [3.8, 4) is 11.3 Å². The molecule has 1 saturated heterocycles. The monoisotopic (exact) mass is 563 g/mol. The summed E-state index contributed by atoms with van der Waals surface area (Å²) >= 11 is 0. The molecule has 1 aliphatic heterocycles. The number of amides is 2. The summed E-state index contributed by atoms with van der Waals surface area (Å²) in [7, 11) is 1.60. The van der Waals surface area contributed by atoms with Crippen molar-refractivity contribution in [3.05, 3.63) is 83.7 Å². The number of aromatic nitrogens is 2. The van der Waals surface area contributed by atoms with Crippen molar-refractivity contribution < 1.29 is 27.9 Å². The molecule has 5 rings (SSSR count). The fourth-order valence-corrected chi connectivity index (χ4v) is 5.01. The van der Waals surface area contributed by atoms with Gasteiger partial charge in [0.1, 0.15) is 18.0 Å². The minimum Gasteiger partial charge on any atom is -0.380 e. The summed E-state index contributed by atoms with van der Waals surface area (Å²) in [6.07, 6.45) is 5.11. The first-order valence-electron chi connectivity index (χ1n) is 13.3. The maximum absolute atomic E-state index is 14.7. The Morgan fingerprint density at radius 1 is 1.17 bits per heavy atom. The number of hydrogen-bond acceptors (Lipinski definition) is 7. The van der Waals surface area contributed by atoms with Crippen LogP contribution in [0.2, 0.25) is 0 Å². The number of nitrogens with one attached hydrogen (secondary N) is 2. The Kier molecular flexibility index (Phi) is 8.36. The fraction of sp³-hybridized carbons (Fsp3) is 0.333. The lowest BCUT2D eigenvalue weighted by Crippen LogP contribution is -2.38. The van der Waals surface area contributed by atoms with Crippen molar-refractivity contribution >= 4 is 23.3 Å². The van der Waals surface area contributed by atoms with Crippen molar-refractivity contribution in [1.29, 1.82) is 0 Å². The number of benzene rings is 2. The number of carbonyl (C=O) groups is 2. The van der Waals surface area contributed by atoms with Crippen molar-refractivity contribution in [2.45, 2.75) is 44.2 Å². The van der Waals surface area contributed by atoms with Crippen molar-refractivity contribution in [2.75, 3.05) is 31.1 Å². The third kappa shape index (κ3) is 6.41. The van der Waals surface area contributed by atoms with E-state index in [2.05, 4.69) is 27.3 Å². The standard InChI is InChI=1S/C30H31F2N5O4/c1-4-29(38)37-14-22(40-3)12-21(37)15-41-36-28-13-27(33-16-34-28)24-10-20(31)11-26(17(24)2)35-30(39)23-8-7-19(9-25(23)32)18-5-6-18/h4,7-11,13,16,18,21-22H,1,5-6,12,14-15H2,2-3H3,(H,35,39)(H,33,34,36)/t21-,22+/m0/s1. The van der Waals surface area contributed by atoms with Gasteiger partial charge in [-0.05, 0) is 73.6 Å². The molecule has 2 aliphatic rings. The Hall–Kier alpha value is -4.22. The number of rotatable bonds is 10. The molecular weight excluding hydrogens is 532 g/mol. The van der Waals surface area contributed by atoms with Crippen molar-refractivity contribution in [2.24, 2.45) is 0 Å². The van der Waals surface area contributed by atoms with Gasteiger partial charge < -0.3 is 15.0 Å². The topological polar surface area (TPSA) is 106 Å². The maximum atomic E-state index is 14.7. The molecule has 9 nitrogen and oxygen atoms in total. The highest BCUT2D eigenvalue weighted by Gasteiger charge is 2.34. The van der Waals surface area contributed by atoms with Crippen LogP contribution >= 0.6 is 0 Å². The van der Waals surface area contributed by atoms with Crippen LogP contribution in [-0.2, 0) is 14.4 Å². The summed E-state index contributed by atoms with van der Waals surface area (Å²) in [6.45, 7) is 5.88. The van der Waals surface area contributed by atoms with Gasteiger partial charge in [0.15, 0.2) is 5.82 Å². The van der Waals surface area contributed by atoms with Crippen LogP contribution in [0.5, 0.6) is 0 Å². The van der Waals surface area contributed by atoms with E-state index in [0.717, 1.165) is 18.4 Å². The second kappa shape index (κ2) is 12.1. The predicted molar refractivity (Wildman–Crippen MR) is 149 cm³/mol. The van der Waals surface area contributed by atoms with Gasteiger partial charge in [-0.2, -0.15) is 0 Å². The molecular formula is C30H31F2N5O4. The van der Waals surface area contributed by atoms with Gasteiger partial charge in [0, 0.05) is 31.0 Å². The summed E-state index contributed by atoms with van der Waals surface area (Å²) in [5, 5.41) is 2.64. The highest BCUT2D eigenvalue weighted by atomic mass is 19.1. The zero-order valence-electron chi connectivity index (χ0n) is 22.8. The van der Waals surface area contributed by atoms with Gasteiger partial charge in [-0.15, -0.1) is 0 Å². The first-order valence-corrected chi connectivity index (χ1v) is 13.3. The number of methoxy groups -OCH3 is 1. The average molecular weight is 564 g/mol. The molecule has 1 aromatic heterocycles. The molecule has 2 atom stereocenters. The van der Waals surface area contributed by atoms with Crippen LogP contribution in [0.25, 0.3) is 11.3 Å². The van der Waals surface area contributed by atoms with E-state index in [0.29, 0.717) is 41.5 Å². The quantitative estimate of drug-likeness (QED) is 0.264. The van der Waals surface area contributed by atoms with Gasteiger partial charge in [-0.25, -0.2) is 24.2 Å². The Balaban J connectivity index is 1.28. The molecule has 2 aromatic carbocycles. The largest absolute Gasteiger partial charge is 0.380 e. The maximum Gasteiger partial charge on any atom is 0.258 e. The number of likely N-dealkylation sites (tertiary alicyclic amines) is 1. The van der Waals surface area contributed by atoms with Crippen LogP contribution in [0.15, 0.2) is 55.4 Å². The Labute approximate surface area is 236 Å². The average Bonchev–Trinajstić information content (AvgIpc) is 3.74. The zero-order chi connectivity index (χ0) is 29.1. The summed E-state index contributed by atoms with van der Waals surface area (Å²) in [5.41, 5.74) is 5.05. The molecule has 11 heteroatoms. The summed E-state index contributed by atoms with van der Waals surface area (Å²) in [4.78, 5) is 40.8. The first kappa shape index (κ1) is 28.3. The molecule has 0 radical (unpaired) electrons. The minimum atomic E-state index is -0.672. The molecule has 2 amide bonds. The van der Waals surface area contributed by atoms with Crippen LogP contribution in [0, 0.1) is 18.6 Å². The molecule has 0 bridgehead atoms. The number of ether oxygens (including phenoxy) is 1. The van der Waals surface area contributed by atoms with E-state index < -0.39 is 17.5 Å². The van der Waals surface area contributed by atoms with Gasteiger partial charge in [0.25, 0.3) is 5.91 Å². The Morgan fingerprint density at radius 2 is 1.98 bits per heavy atom. The highest BCUT2D eigenvalue weighted by molar-refractivity contribution is 6.05. The van der Waals surface area contributed by atoms with Gasteiger partial charge in [0.2, 0.25) is 5.91 Å². The van der Waals surface area contributed by atoms with E-state index in [1.165, 1.54) is 36.7 Å². The molecule has 41 heavy (non-hydrogen) atoms. The number of nitrogens with zero attached hydrogens (tertiary/aromatic N) is 3. The number of carbonyl (C=O) groups excluding carboxylic acids is 2. The molecule has 2 N–H and O–H groups in total. The van der Waals surface area contributed by atoms with Gasteiger partial charge in [0.05, 0.1) is 30.0 Å². The fourth-order valence-electron chi connectivity index (χ4n) is 5.01. The number of anilines is 2. The molecule has 1 saturated carbocycles. The number of hydrogen-bond donors (Lipinski definition) is 2. The first-order chi connectivity index (χ1) is 19.8. The third-order valence-corrected chi connectivity index (χ3v) is 7.47. The summed E-state index contributed by atoms with van der Waals surface area (Å²) < 4.78 is 34.8. The van der Waals surface area contributed by atoms with E-state index in [1.807, 2.05) is 0 Å². The van der Waals surface area contributed by atoms with Crippen LogP contribution in [-0.4, -0.2) is 59.1 Å². The van der Waals surface area contributed by atoms with E-state index in [4.69, 9.17) is 9.57 Å². The molecule has 2 fully saturated rings. The summed E-state index contributed by atoms with van der Waals surface area (Å²) in [5.74, 6) is -1.42. The molecule has 214 valence electrons. The molecule has 0 unspecified atom stereocenters. The molecule has 0 spiro atoms. The van der Waals surface area contributed by atoms with Crippen molar-refractivity contribution in [1.82, 2.24) is 14.9 Å². The zero-order valence-corrected chi connectivity index (χ0v) is 22.8. The minimum absolute atomic E-state index is 0.0950. The lowest BCUT2D eigenvalue weighted by molar-refractivity contribution is -0.128. The second-order valence-electron chi connectivity index (χ2n) is 10.2. The summed E-state index contributed by atoms with van der Waals surface area (Å²) in [6, 6.07) is 8.45. The van der Waals surface area contributed by atoms with E-state index in [-0.39, 0.29) is 35.9 Å². The highest BCUT2D eigenvalue weighted by Crippen LogP contribution is 2.40. The predicted octanol–water partition coefficient (Wildman–Crippen LogP) is 5.01. The smallest absolute Gasteiger partial charge is 0.258 e. The molecule has 2 heterocycles. The van der Waals surface area contributed by atoms with E-state index in [1.54, 1.807) is 31.1 Å². The van der Waals surface area contributed by atoms with Crippen LogP contribution in [0.1, 0.15) is 46.7 Å². The van der Waals surface area contributed by atoms with Gasteiger partial charge in [-0.1, -0.05) is 12.6 Å². The second-order valence-corrected chi connectivity index (χ2v) is 10.2. The Bertz CT molecular complexity index is 1480. The molecule has 3 aromatic rings. The normalized spacial score (nSPS) is 18.3. The van der Waals surface area contributed by atoms with E-state index in [9.17, 15) is 18.4 Å². The van der Waals surface area contributed by atoms with Crippen LogP contribution in [0.3, 0.4) is 0 Å². The molecule has 1 aliphatic carbocycles. The SMILES string of the molecule is C=CC(=O)N1C[C@H](OC)C[C@H]1CONc1cc(-c2cc(F)cc(NC(=O)c3ccc(C4CC4)cc3F)c2C)ncn1. The van der Waals surface area contributed by atoms with Gasteiger partial charge >= 0.3 is 0 Å². The number of halogens is 2. The van der Waals surface area contributed by atoms with Crippen molar-refractivity contribution in [3.63, 3.8) is 0 Å². The Morgan fingerprint density at radius 3 is 2.68 bits per heavy atom. The lowest BCUT2D eigenvalue weighted by atomic mass is 10.0. The lowest BCUT2D eigenvalue weighted by Gasteiger charge is -2.22. The van der Waals surface area contributed by atoms with Crippen LogP contribution < -0.4 is 10.8 Å². The van der Waals surface area contributed by atoms with Crippen LogP contribution in [0.4, 0.5) is 20.3 Å². The van der Waals surface area contributed by atoms with Gasteiger partial charge in [-0.3, -0.25) is 14.4 Å². The van der Waals surface area contributed by atoms with E-state index >= 15 is 0 Å². The third-order valence-electron chi connectivity index (χ3n) is 7.47.